The molecular formula is C16H20BrN. The molecule has 1 atom stereocenters. The zero-order valence-corrected chi connectivity index (χ0v) is 13.1. The number of halogens is 1. The summed E-state index contributed by atoms with van der Waals surface area (Å²) in [7, 11) is 2.20. The van der Waals surface area contributed by atoms with Crippen LogP contribution < -0.4 is 4.90 Å². The van der Waals surface area contributed by atoms with Crippen molar-refractivity contribution in [3.05, 3.63) is 42.0 Å². The van der Waals surface area contributed by atoms with Crippen LogP contribution in [-0.4, -0.2) is 13.1 Å². The van der Waals surface area contributed by atoms with Crippen LogP contribution in [0.3, 0.4) is 0 Å². The molecule has 1 aliphatic rings. The summed E-state index contributed by atoms with van der Waals surface area (Å²) in [6.45, 7) is 7.02. The SMILES string of the molecule is Br.CC1N(C)c2ccc3ccccc3c2C1(C)C. The summed E-state index contributed by atoms with van der Waals surface area (Å²) < 4.78 is 0. The number of anilines is 1. The zero-order valence-electron chi connectivity index (χ0n) is 11.4. The Kier molecular flexibility index (Phi) is 3.18. The highest BCUT2D eigenvalue weighted by Crippen LogP contribution is 2.47. The molecule has 2 aromatic carbocycles. The number of rotatable bonds is 0. The lowest BCUT2D eigenvalue weighted by atomic mass is 9.79. The van der Waals surface area contributed by atoms with Crippen molar-refractivity contribution >= 4 is 33.4 Å². The molecule has 0 spiro atoms. The Morgan fingerprint density at radius 2 is 1.72 bits per heavy atom. The summed E-state index contributed by atoms with van der Waals surface area (Å²) in [6.07, 6.45) is 0. The van der Waals surface area contributed by atoms with Crippen molar-refractivity contribution < 1.29 is 0 Å². The molecular weight excluding hydrogens is 286 g/mol. The molecule has 0 aliphatic carbocycles. The van der Waals surface area contributed by atoms with Crippen LogP contribution in [0.15, 0.2) is 36.4 Å². The Balaban J connectivity index is 0.00000120. The molecule has 2 aromatic rings. The van der Waals surface area contributed by atoms with E-state index in [1.807, 2.05) is 0 Å². The van der Waals surface area contributed by atoms with E-state index in [0.717, 1.165) is 0 Å². The lowest BCUT2D eigenvalue weighted by molar-refractivity contribution is 0.457. The van der Waals surface area contributed by atoms with Crippen LogP contribution in [0.5, 0.6) is 0 Å². The first-order valence-corrected chi connectivity index (χ1v) is 6.28. The van der Waals surface area contributed by atoms with Gasteiger partial charge in [-0.1, -0.05) is 44.2 Å². The van der Waals surface area contributed by atoms with Crippen molar-refractivity contribution in [3.63, 3.8) is 0 Å². The van der Waals surface area contributed by atoms with Gasteiger partial charge in [-0.15, -0.1) is 17.0 Å². The Morgan fingerprint density at radius 3 is 2.44 bits per heavy atom. The summed E-state index contributed by atoms with van der Waals surface area (Å²) in [6, 6.07) is 13.8. The van der Waals surface area contributed by atoms with E-state index in [4.69, 9.17) is 0 Å². The number of nitrogens with zero attached hydrogens (tertiary/aromatic N) is 1. The van der Waals surface area contributed by atoms with Crippen LogP contribution in [0, 0.1) is 0 Å². The maximum absolute atomic E-state index is 2.40. The van der Waals surface area contributed by atoms with Gasteiger partial charge in [-0.2, -0.15) is 0 Å². The van der Waals surface area contributed by atoms with Crippen molar-refractivity contribution in [1.82, 2.24) is 0 Å². The summed E-state index contributed by atoms with van der Waals surface area (Å²) in [5, 5.41) is 2.76. The molecule has 2 heteroatoms. The molecule has 1 aliphatic heterocycles. The highest BCUT2D eigenvalue weighted by atomic mass is 79.9. The van der Waals surface area contributed by atoms with Crippen molar-refractivity contribution in [2.45, 2.75) is 32.2 Å². The minimum absolute atomic E-state index is 0. The second kappa shape index (κ2) is 4.27. The highest BCUT2D eigenvalue weighted by Gasteiger charge is 2.41. The second-order valence-corrected chi connectivity index (χ2v) is 5.69. The van der Waals surface area contributed by atoms with Crippen LogP contribution in [-0.2, 0) is 5.41 Å². The van der Waals surface area contributed by atoms with E-state index in [2.05, 4.69) is 69.1 Å². The number of hydrogen-bond donors (Lipinski definition) is 0. The van der Waals surface area contributed by atoms with Crippen molar-refractivity contribution in [2.24, 2.45) is 0 Å². The van der Waals surface area contributed by atoms with Crippen LogP contribution in [0.4, 0.5) is 5.69 Å². The van der Waals surface area contributed by atoms with Gasteiger partial charge in [-0.25, -0.2) is 0 Å². The minimum atomic E-state index is 0. The van der Waals surface area contributed by atoms with Crippen LogP contribution in [0.1, 0.15) is 26.3 Å². The van der Waals surface area contributed by atoms with Gasteiger partial charge in [0, 0.05) is 24.2 Å². The van der Waals surface area contributed by atoms with Gasteiger partial charge in [-0.05, 0) is 29.3 Å². The topological polar surface area (TPSA) is 3.24 Å². The molecule has 0 saturated carbocycles. The number of hydrogen-bond acceptors (Lipinski definition) is 1. The van der Waals surface area contributed by atoms with Gasteiger partial charge >= 0.3 is 0 Å². The Bertz CT molecular complexity index is 589. The van der Waals surface area contributed by atoms with Gasteiger partial charge in [0.1, 0.15) is 0 Å². The van der Waals surface area contributed by atoms with Gasteiger partial charge < -0.3 is 4.90 Å². The first-order chi connectivity index (χ1) is 8.03. The Hall–Kier alpha value is -1.02. The Morgan fingerprint density at radius 1 is 1.06 bits per heavy atom. The van der Waals surface area contributed by atoms with Crippen LogP contribution >= 0.6 is 17.0 Å². The third kappa shape index (κ3) is 1.58. The molecule has 0 radical (unpaired) electrons. The average molecular weight is 306 g/mol. The number of likely N-dealkylation sites (N-methyl/N-ethyl adjacent to an activating group) is 1. The summed E-state index contributed by atoms with van der Waals surface area (Å²) >= 11 is 0. The first kappa shape index (κ1) is 13.4. The molecule has 1 heterocycles. The smallest absolute Gasteiger partial charge is 0.0411 e. The summed E-state index contributed by atoms with van der Waals surface area (Å²) in [5.41, 5.74) is 3.11. The monoisotopic (exact) mass is 305 g/mol. The summed E-state index contributed by atoms with van der Waals surface area (Å²) in [5.74, 6) is 0. The fraction of sp³-hybridized carbons (Fsp3) is 0.375. The van der Waals surface area contributed by atoms with E-state index < -0.39 is 0 Å². The maximum Gasteiger partial charge on any atom is 0.0411 e. The molecule has 96 valence electrons. The molecule has 0 bridgehead atoms. The van der Waals surface area contributed by atoms with Gasteiger partial charge in [0.2, 0.25) is 0 Å². The predicted molar refractivity (Wildman–Crippen MR) is 85.2 cm³/mol. The fourth-order valence-corrected chi connectivity index (χ4v) is 3.13. The molecule has 0 amide bonds. The van der Waals surface area contributed by atoms with E-state index in [0.29, 0.717) is 6.04 Å². The van der Waals surface area contributed by atoms with Crippen molar-refractivity contribution in [1.29, 1.82) is 0 Å². The van der Waals surface area contributed by atoms with Gasteiger partial charge in [0.15, 0.2) is 0 Å². The normalized spacial score (nSPS) is 20.7. The maximum atomic E-state index is 2.40. The third-order valence-corrected chi connectivity index (χ3v) is 4.56. The minimum Gasteiger partial charge on any atom is -0.371 e. The molecule has 1 nitrogen and oxygen atoms in total. The van der Waals surface area contributed by atoms with Gasteiger partial charge in [0.25, 0.3) is 0 Å². The van der Waals surface area contributed by atoms with Crippen molar-refractivity contribution in [2.75, 3.05) is 11.9 Å². The number of fused-ring (bicyclic) bond motifs is 3. The fourth-order valence-electron chi connectivity index (χ4n) is 3.13. The second-order valence-electron chi connectivity index (χ2n) is 5.69. The highest BCUT2D eigenvalue weighted by molar-refractivity contribution is 8.93. The zero-order chi connectivity index (χ0) is 12.2. The van der Waals surface area contributed by atoms with E-state index in [1.165, 1.54) is 22.0 Å². The molecule has 3 rings (SSSR count). The molecule has 0 fully saturated rings. The largest absolute Gasteiger partial charge is 0.371 e. The standard InChI is InChI=1S/C16H19N.BrH/c1-11-16(2,3)15-13-8-6-5-7-12(13)9-10-14(15)17(11)4;/h5-11H,1-4H3;1H. The van der Waals surface area contributed by atoms with E-state index in [-0.39, 0.29) is 22.4 Å². The summed E-state index contributed by atoms with van der Waals surface area (Å²) in [4.78, 5) is 2.40. The first-order valence-electron chi connectivity index (χ1n) is 6.28. The molecule has 0 saturated heterocycles. The molecule has 0 aromatic heterocycles. The lowest BCUT2D eigenvalue weighted by Gasteiger charge is -2.28. The molecule has 0 N–H and O–H groups in total. The van der Waals surface area contributed by atoms with E-state index in [1.54, 1.807) is 0 Å². The number of benzene rings is 2. The Labute approximate surface area is 120 Å². The van der Waals surface area contributed by atoms with Gasteiger partial charge in [0.05, 0.1) is 0 Å². The van der Waals surface area contributed by atoms with Crippen molar-refractivity contribution in [3.8, 4) is 0 Å². The van der Waals surface area contributed by atoms with Crippen LogP contribution in [0.25, 0.3) is 10.8 Å². The predicted octanol–water partition coefficient (Wildman–Crippen LogP) is 4.53. The van der Waals surface area contributed by atoms with E-state index >= 15 is 0 Å². The van der Waals surface area contributed by atoms with Gasteiger partial charge in [-0.3, -0.25) is 0 Å². The third-order valence-electron chi connectivity index (χ3n) is 4.56. The average Bonchev–Trinajstić information content (AvgIpc) is 2.51. The molecule has 1 unspecified atom stereocenters. The van der Waals surface area contributed by atoms with Crippen LogP contribution in [0.2, 0.25) is 0 Å². The lowest BCUT2D eigenvalue weighted by Crippen LogP contribution is -2.36. The van der Waals surface area contributed by atoms with E-state index in [9.17, 15) is 0 Å². The quantitative estimate of drug-likeness (QED) is 0.691. The molecule has 18 heavy (non-hydrogen) atoms.